The monoisotopic (exact) mass is 449 g/mol. The fourth-order valence-corrected chi connectivity index (χ4v) is 5.70. The molecular formula is C25H43N3O2S. The molecule has 0 spiro atoms. The molecule has 5 atom stereocenters. The van der Waals surface area contributed by atoms with Crippen molar-refractivity contribution in [3.05, 3.63) is 35.9 Å². The summed E-state index contributed by atoms with van der Waals surface area (Å²) in [6, 6.07) is 11.3. The van der Waals surface area contributed by atoms with Crippen molar-refractivity contribution in [1.82, 2.24) is 14.5 Å². The molecule has 2 heterocycles. The number of likely N-dealkylation sites (N-methyl/N-ethyl adjacent to an activating group) is 1. The molecule has 1 N–H and O–H groups in total. The van der Waals surface area contributed by atoms with Crippen LogP contribution in [0.4, 0.5) is 0 Å². The molecule has 31 heavy (non-hydrogen) atoms. The first-order chi connectivity index (χ1) is 14.6. The number of rotatable bonds is 7. The molecular weight excluding hydrogens is 406 g/mol. The van der Waals surface area contributed by atoms with Crippen LogP contribution in [-0.4, -0.2) is 63.4 Å². The Hall–Kier alpha value is -1.24. The Kier molecular flexibility index (Phi) is 9.71. The molecule has 2 bridgehead atoms. The summed E-state index contributed by atoms with van der Waals surface area (Å²) in [5.41, 5.74) is 1.27. The number of benzene rings is 1. The highest BCUT2D eigenvalue weighted by Crippen LogP contribution is 2.40. The SMILES string of the molecule is CC.CN(C)CC(=O)N1[C@@H]2CC[C@H]1CC([C@@H](Cc1ccccc1)N[S@@](=O)C(C)(C)C)C2. The Balaban J connectivity index is 0.00000166. The van der Waals surface area contributed by atoms with Crippen LogP contribution in [0.25, 0.3) is 0 Å². The maximum absolute atomic E-state index is 12.9. The van der Waals surface area contributed by atoms with Crippen LogP contribution in [0.15, 0.2) is 30.3 Å². The van der Waals surface area contributed by atoms with E-state index in [1.54, 1.807) is 0 Å². The minimum absolute atomic E-state index is 0.159. The second kappa shape index (κ2) is 11.6. The summed E-state index contributed by atoms with van der Waals surface area (Å²) in [5, 5.41) is 0. The molecule has 5 nitrogen and oxygen atoms in total. The van der Waals surface area contributed by atoms with Crippen LogP contribution in [0.3, 0.4) is 0 Å². The zero-order chi connectivity index (χ0) is 23.2. The molecule has 0 saturated carbocycles. The zero-order valence-corrected chi connectivity index (χ0v) is 21.4. The molecule has 176 valence electrons. The van der Waals surface area contributed by atoms with Gasteiger partial charge in [0.1, 0.15) is 0 Å². The van der Waals surface area contributed by atoms with E-state index in [4.69, 9.17) is 0 Å². The average Bonchev–Trinajstić information content (AvgIpc) is 2.98. The molecule has 1 aromatic carbocycles. The summed E-state index contributed by atoms with van der Waals surface area (Å²) in [7, 11) is 2.80. The summed E-state index contributed by atoms with van der Waals surface area (Å²) in [5.74, 6) is 0.689. The molecule has 1 unspecified atom stereocenters. The molecule has 0 aliphatic carbocycles. The second-order valence-electron chi connectivity index (χ2n) is 9.95. The number of amides is 1. The molecule has 2 aliphatic heterocycles. The summed E-state index contributed by atoms with van der Waals surface area (Å²) < 4.78 is 16.1. The predicted molar refractivity (Wildman–Crippen MR) is 131 cm³/mol. The molecule has 2 fully saturated rings. The molecule has 1 aromatic rings. The zero-order valence-electron chi connectivity index (χ0n) is 20.6. The van der Waals surface area contributed by atoms with Crippen LogP contribution in [0.1, 0.15) is 65.9 Å². The molecule has 3 rings (SSSR count). The van der Waals surface area contributed by atoms with Crippen LogP contribution in [-0.2, 0) is 22.2 Å². The smallest absolute Gasteiger partial charge is 0.237 e. The van der Waals surface area contributed by atoms with Crippen LogP contribution in [0.2, 0.25) is 0 Å². The Morgan fingerprint density at radius 2 is 1.68 bits per heavy atom. The Morgan fingerprint density at radius 1 is 1.13 bits per heavy atom. The van der Waals surface area contributed by atoms with Crippen molar-refractivity contribution in [1.29, 1.82) is 0 Å². The lowest BCUT2D eigenvalue weighted by atomic mass is 9.82. The average molecular weight is 450 g/mol. The first-order valence-corrected chi connectivity index (χ1v) is 13.0. The maximum atomic E-state index is 12.9. The first-order valence-electron chi connectivity index (χ1n) is 11.8. The highest BCUT2D eigenvalue weighted by Gasteiger charge is 2.45. The van der Waals surface area contributed by atoms with Gasteiger partial charge in [0, 0.05) is 18.1 Å². The van der Waals surface area contributed by atoms with E-state index in [1.165, 1.54) is 5.56 Å². The van der Waals surface area contributed by atoms with Gasteiger partial charge in [-0.15, -0.1) is 0 Å². The summed E-state index contributed by atoms with van der Waals surface area (Å²) in [6.07, 6.45) is 5.07. The number of hydrogen-bond acceptors (Lipinski definition) is 3. The van der Waals surface area contributed by atoms with Gasteiger partial charge in [-0.25, -0.2) is 8.93 Å². The Morgan fingerprint density at radius 3 is 2.16 bits per heavy atom. The third kappa shape index (κ3) is 7.13. The minimum atomic E-state index is -1.11. The third-order valence-corrected chi connectivity index (χ3v) is 7.82. The van der Waals surface area contributed by atoms with E-state index in [0.29, 0.717) is 24.5 Å². The number of fused-ring (bicyclic) bond motifs is 2. The predicted octanol–water partition coefficient (Wildman–Crippen LogP) is 4.01. The molecule has 1 amide bonds. The van der Waals surface area contributed by atoms with E-state index >= 15 is 0 Å². The fraction of sp³-hybridized carbons (Fsp3) is 0.720. The Bertz CT molecular complexity index is 703. The van der Waals surface area contributed by atoms with Gasteiger partial charge in [-0.2, -0.15) is 0 Å². The van der Waals surface area contributed by atoms with Gasteiger partial charge in [0.2, 0.25) is 5.91 Å². The van der Waals surface area contributed by atoms with Gasteiger partial charge in [-0.05, 0) is 78.5 Å². The van der Waals surface area contributed by atoms with Gasteiger partial charge in [0.05, 0.1) is 22.3 Å². The van der Waals surface area contributed by atoms with Crippen LogP contribution >= 0.6 is 0 Å². The van der Waals surface area contributed by atoms with Crippen molar-refractivity contribution in [2.75, 3.05) is 20.6 Å². The maximum Gasteiger partial charge on any atom is 0.237 e. The molecule has 0 aromatic heterocycles. The first kappa shape index (κ1) is 26.0. The van der Waals surface area contributed by atoms with Crippen LogP contribution in [0, 0.1) is 5.92 Å². The highest BCUT2D eigenvalue weighted by molar-refractivity contribution is 7.84. The minimum Gasteiger partial charge on any atom is -0.336 e. The number of nitrogens with zero attached hydrogens (tertiary/aromatic N) is 2. The lowest BCUT2D eigenvalue weighted by molar-refractivity contribution is -0.137. The lowest BCUT2D eigenvalue weighted by Gasteiger charge is -2.42. The van der Waals surface area contributed by atoms with Crippen molar-refractivity contribution < 1.29 is 9.00 Å². The van der Waals surface area contributed by atoms with E-state index < -0.39 is 11.0 Å². The second-order valence-corrected chi connectivity index (χ2v) is 11.9. The van der Waals surface area contributed by atoms with Gasteiger partial charge in [-0.3, -0.25) is 4.79 Å². The number of carbonyl (C=O) groups is 1. The fourth-order valence-electron chi connectivity index (χ4n) is 4.79. The standard InChI is InChI=1S/C23H37N3O2S.C2H6/c1-23(2,3)29(28)24-21(13-17-9-7-6-8-10-17)18-14-19-11-12-20(15-18)26(19)22(27)16-25(4)5;1-2/h6-10,18-21,24H,11-16H2,1-5H3;1-2H3/t18?,19-,20+,21-,29+;/m1./s1. The lowest BCUT2D eigenvalue weighted by Crippen LogP contribution is -2.54. The topological polar surface area (TPSA) is 52.7 Å². The van der Waals surface area contributed by atoms with Crippen LogP contribution in [0.5, 0.6) is 0 Å². The van der Waals surface area contributed by atoms with Crippen molar-refractivity contribution >= 4 is 16.9 Å². The molecule has 6 heteroatoms. The Labute approximate surface area is 192 Å². The van der Waals surface area contributed by atoms with E-state index in [0.717, 1.165) is 32.1 Å². The van der Waals surface area contributed by atoms with E-state index in [1.807, 2.05) is 59.7 Å². The highest BCUT2D eigenvalue weighted by atomic mass is 32.2. The summed E-state index contributed by atoms with van der Waals surface area (Å²) >= 11 is 0. The number of hydrogen-bond donors (Lipinski definition) is 1. The van der Waals surface area contributed by atoms with Gasteiger partial charge >= 0.3 is 0 Å². The largest absolute Gasteiger partial charge is 0.336 e. The van der Waals surface area contributed by atoms with E-state index in [2.05, 4.69) is 33.9 Å². The molecule has 2 saturated heterocycles. The molecule has 0 radical (unpaired) electrons. The van der Waals surface area contributed by atoms with E-state index in [-0.39, 0.29) is 16.7 Å². The normalized spacial score (nSPS) is 25.0. The van der Waals surface area contributed by atoms with Gasteiger partial charge in [0.25, 0.3) is 0 Å². The summed E-state index contributed by atoms with van der Waals surface area (Å²) in [4.78, 5) is 16.9. The third-order valence-electron chi connectivity index (χ3n) is 6.19. The van der Waals surface area contributed by atoms with Crippen molar-refractivity contribution in [3.8, 4) is 0 Å². The van der Waals surface area contributed by atoms with Crippen molar-refractivity contribution in [2.24, 2.45) is 5.92 Å². The van der Waals surface area contributed by atoms with Crippen molar-refractivity contribution in [3.63, 3.8) is 0 Å². The van der Waals surface area contributed by atoms with Crippen LogP contribution < -0.4 is 4.72 Å². The number of carbonyl (C=O) groups excluding carboxylic acids is 1. The molecule has 2 aliphatic rings. The number of piperidine rings is 1. The van der Waals surface area contributed by atoms with Gasteiger partial charge < -0.3 is 9.80 Å². The van der Waals surface area contributed by atoms with Gasteiger partial charge in [0.15, 0.2) is 0 Å². The summed E-state index contributed by atoms with van der Waals surface area (Å²) in [6.45, 7) is 10.5. The number of nitrogens with one attached hydrogen (secondary N) is 1. The van der Waals surface area contributed by atoms with Crippen molar-refractivity contribution in [2.45, 2.75) is 89.6 Å². The quantitative estimate of drug-likeness (QED) is 0.684. The van der Waals surface area contributed by atoms with Gasteiger partial charge in [-0.1, -0.05) is 44.2 Å². The van der Waals surface area contributed by atoms with E-state index in [9.17, 15) is 9.00 Å².